The highest BCUT2D eigenvalue weighted by Gasteiger charge is 2.50. The van der Waals surface area contributed by atoms with Crippen molar-refractivity contribution < 1.29 is 13.9 Å². The minimum Gasteiger partial charge on any atom is -0.494 e. The summed E-state index contributed by atoms with van der Waals surface area (Å²) < 4.78 is 20.3. The van der Waals surface area contributed by atoms with Crippen LogP contribution in [0.25, 0.3) is 11.1 Å². The van der Waals surface area contributed by atoms with Gasteiger partial charge in [-0.15, -0.1) is 0 Å². The molecular weight excluding hydrogens is 369 g/mol. The van der Waals surface area contributed by atoms with Crippen molar-refractivity contribution in [1.82, 2.24) is 15.2 Å². The van der Waals surface area contributed by atoms with Gasteiger partial charge in [-0.25, -0.2) is 4.39 Å². The van der Waals surface area contributed by atoms with Crippen LogP contribution in [0.15, 0.2) is 30.5 Å². The van der Waals surface area contributed by atoms with Gasteiger partial charge in [-0.3, -0.25) is 15.1 Å². The fourth-order valence-corrected chi connectivity index (χ4v) is 4.58. The number of aryl methyl sites for hydroxylation is 1. The molecule has 5 nitrogen and oxygen atoms in total. The fourth-order valence-electron chi connectivity index (χ4n) is 4.58. The molecule has 154 valence electrons. The average Bonchev–Trinajstić information content (AvgIpc) is 3.29. The molecule has 6 heteroatoms. The summed E-state index contributed by atoms with van der Waals surface area (Å²) in [6.07, 6.45) is 5.07. The first-order chi connectivity index (χ1) is 14.0. The summed E-state index contributed by atoms with van der Waals surface area (Å²) in [4.78, 5) is 19.1. The van der Waals surface area contributed by atoms with E-state index in [1.54, 1.807) is 17.0 Å². The minimum atomic E-state index is -0.467. The molecule has 1 aromatic carbocycles. The second-order valence-electron chi connectivity index (χ2n) is 7.99. The molecule has 1 amide bonds. The van der Waals surface area contributed by atoms with E-state index in [1.807, 2.05) is 33.2 Å². The number of pyridine rings is 1. The SMILES string of the molecule is CCOc1ccc(F)c(-c2cc(C3CC[C@]4(CCN(C)C4=O)N3)ncc2CC)c1. The number of carbonyl (C=O) groups excluding carboxylic acids is 1. The lowest BCUT2D eigenvalue weighted by Crippen LogP contribution is -2.47. The van der Waals surface area contributed by atoms with Crippen molar-refractivity contribution >= 4 is 5.91 Å². The zero-order valence-corrected chi connectivity index (χ0v) is 17.3. The predicted octanol–water partition coefficient (Wildman–Crippen LogP) is 3.87. The molecule has 3 heterocycles. The van der Waals surface area contributed by atoms with Crippen molar-refractivity contribution in [2.75, 3.05) is 20.2 Å². The lowest BCUT2D eigenvalue weighted by Gasteiger charge is -2.23. The van der Waals surface area contributed by atoms with Gasteiger partial charge >= 0.3 is 0 Å². The molecule has 2 saturated heterocycles. The van der Waals surface area contributed by atoms with Gasteiger partial charge in [0.1, 0.15) is 17.1 Å². The van der Waals surface area contributed by atoms with Gasteiger partial charge in [0.25, 0.3) is 0 Å². The first-order valence-electron chi connectivity index (χ1n) is 10.4. The van der Waals surface area contributed by atoms with Crippen LogP contribution in [0.3, 0.4) is 0 Å². The van der Waals surface area contributed by atoms with Crippen LogP contribution in [0.5, 0.6) is 5.75 Å². The van der Waals surface area contributed by atoms with E-state index < -0.39 is 5.54 Å². The van der Waals surface area contributed by atoms with Crippen molar-refractivity contribution in [3.8, 4) is 16.9 Å². The summed E-state index contributed by atoms with van der Waals surface area (Å²) in [5.41, 5.74) is 2.75. The molecule has 1 aromatic heterocycles. The number of nitrogens with zero attached hydrogens (tertiary/aromatic N) is 2. The molecule has 4 rings (SSSR count). The standard InChI is InChI=1S/C23H28FN3O2/c1-4-15-14-25-21(20-8-9-23(26-20)10-11-27(3)22(23)28)13-17(15)18-12-16(29-5-2)6-7-19(18)24/h6-7,12-14,20,26H,4-5,8-11H2,1-3H3/t20?,23-/m1/s1. The number of likely N-dealkylation sites (N-methyl/N-ethyl adjacent to an activating group) is 1. The molecule has 1 unspecified atom stereocenters. The Balaban J connectivity index is 1.68. The van der Waals surface area contributed by atoms with Crippen molar-refractivity contribution in [2.45, 2.75) is 51.1 Å². The van der Waals surface area contributed by atoms with Crippen LogP contribution < -0.4 is 10.1 Å². The van der Waals surface area contributed by atoms with E-state index in [-0.39, 0.29) is 17.8 Å². The van der Waals surface area contributed by atoms with E-state index in [1.165, 1.54) is 6.07 Å². The number of likely N-dealkylation sites (tertiary alicyclic amines) is 1. The third-order valence-corrected chi connectivity index (χ3v) is 6.22. The van der Waals surface area contributed by atoms with Crippen molar-refractivity contribution in [1.29, 1.82) is 0 Å². The number of rotatable bonds is 5. The zero-order chi connectivity index (χ0) is 20.6. The number of halogens is 1. The van der Waals surface area contributed by atoms with E-state index >= 15 is 0 Å². The smallest absolute Gasteiger partial charge is 0.242 e. The van der Waals surface area contributed by atoms with Gasteiger partial charge in [-0.2, -0.15) is 0 Å². The number of nitrogens with one attached hydrogen (secondary N) is 1. The van der Waals surface area contributed by atoms with Crippen LogP contribution in [0, 0.1) is 5.82 Å². The molecular formula is C23H28FN3O2. The molecule has 2 aromatic rings. The summed E-state index contributed by atoms with van der Waals surface area (Å²) in [6, 6.07) is 6.84. The Bertz CT molecular complexity index is 932. The van der Waals surface area contributed by atoms with Crippen molar-refractivity contribution in [2.24, 2.45) is 0 Å². The maximum atomic E-state index is 14.7. The molecule has 2 aliphatic rings. The Morgan fingerprint density at radius 1 is 1.28 bits per heavy atom. The minimum absolute atomic E-state index is 0.00626. The van der Waals surface area contributed by atoms with Crippen LogP contribution >= 0.6 is 0 Å². The number of hydrogen-bond acceptors (Lipinski definition) is 4. The van der Waals surface area contributed by atoms with E-state index in [2.05, 4.69) is 10.3 Å². The molecule has 1 N–H and O–H groups in total. The van der Waals surface area contributed by atoms with Crippen LogP contribution in [0.2, 0.25) is 0 Å². The monoisotopic (exact) mass is 397 g/mol. The second-order valence-corrected chi connectivity index (χ2v) is 7.99. The summed E-state index contributed by atoms with van der Waals surface area (Å²) in [7, 11) is 1.85. The Labute approximate surface area is 171 Å². The molecule has 0 saturated carbocycles. The van der Waals surface area contributed by atoms with E-state index in [9.17, 15) is 9.18 Å². The van der Waals surface area contributed by atoms with Crippen molar-refractivity contribution in [3.63, 3.8) is 0 Å². The fraction of sp³-hybridized carbons (Fsp3) is 0.478. The Hall–Kier alpha value is -2.47. The van der Waals surface area contributed by atoms with Gasteiger partial charge in [0.2, 0.25) is 5.91 Å². The summed E-state index contributed by atoms with van der Waals surface area (Å²) in [6.45, 7) is 5.26. The number of hydrogen-bond donors (Lipinski definition) is 1. The zero-order valence-electron chi connectivity index (χ0n) is 17.3. The van der Waals surface area contributed by atoms with Gasteiger partial charge in [0.15, 0.2) is 0 Å². The molecule has 0 aliphatic carbocycles. The van der Waals surface area contributed by atoms with Crippen LogP contribution in [-0.2, 0) is 11.2 Å². The quantitative estimate of drug-likeness (QED) is 0.832. The van der Waals surface area contributed by atoms with Crippen LogP contribution in [0.1, 0.15) is 50.4 Å². The normalized spacial score (nSPS) is 23.9. The van der Waals surface area contributed by atoms with Crippen molar-refractivity contribution in [3.05, 3.63) is 47.5 Å². The third-order valence-electron chi connectivity index (χ3n) is 6.22. The number of amides is 1. The molecule has 2 aliphatic heterocycles. The predicted molar refractivity (Wildman–Crippen MR) is 110 cm³/mol. The Kier molecular flexibility index (Phi) is 5.30. The molecule has 0 radical (unpaired) electrons. The number of carbonyl (C=O) groups is 1. The number of benzene rings is 1. The first kappa shape index (κ1) is 19.8. The number of ether oxygens (including phenoxy) is 1. The molecule has 0 bridgehead atoms. The molecule has 1 spiro atoms. The van der Waals surface area contributed by atoms with Gasteiger partial charge in [-0.05, 0) is 68.0 Å². The lowest BCUT2D eigenvalue weighted by molar-refractivity contribution is -0.131. The van der Waals surface area contributed by atoms with Gasteiger partial charge < -0.3 is 9.64 Å². The molecule has 29 heavy (non-hydrogen) atoms. The highest BCUT2D eigenvalue weighted by molar-refractivity contribution is 5.88. The third kappa shape index (κ3) is 3.50. The second kappa shape index (κ2) is 7.75. The van der Waals surface area contributed by atoms with Crippen LogP contribution in [0.4, 0.5) is 4.39 Å². The maximum Gasteiger partial charge on any atom is 0.242 e. The highest BCUT2D eigenvalue weighted by atomic mass is 19.1. The van der Waals surface area contributed by atoms with Gasteiger partial charge in [0, 0.05) is 25.4 Å². The Morgan fingerprint density at radius 2 is 2.10 bits per heavy atom. The van der Waals surface area contributed by atoms with E-state index in [4.69, 9.17) is 4.74 Å². The summed E-state index contributed by atoms with van der Waals surface area (Å²) in [5.74, 6) is 0.548. The van der Waals surface area contributed by atoms with Gasteiger partial charge in [0.05, 0.1) is 18.3 Å². The maximum absolute atomic E-state index is 14.7. The van der Waals surface area contributed by atoms with E-state index in [0.717, 1.165) is 49.0 Å². The topological polar surface area (TPSA) is 54.5 Å². The first-order valence-corrected chi connectivity index (χ1v) is 10.4. The Morgan fingerprint density at radius 3 is 2.79 bits per heavy atom. The molecule has 2 atom stereocenters. The summed E-state index contributed by atoms with van der Waals surface area (Å²) in [5, 5.41) is 3.55. The molecule has 2 fully saturated rings. The lowest BCUT2D eigenvalue weighted by atomic mass is 9.95. The summed E-state index contributed by atoms with van der Waals surface area (Å²) >= 11 is 0. The van der Waals surface area contributed by atoms with Crippen LogP contribution in [-0.4, -0.2) is 41.5 Å². The highest BCUT2D eigenvalue weighted by Crippen LogP contribution is 2.40. The van der Waals surface area contributed by atoms with Gasteiger partial charge in [-0.1, -0.05) is 6.92 Å². The average molecular weight is 397 g/mol. The number of aromatic nitrogens is 1. The largest absolute Gasteiger partial charge is 0.494 e. The van der Waals surface area contributed by atoms with E-state index in [0.29, 0.717) is 17.9 Å².